The zero-order valence-electron chi connectivity index (χ0n) is 40.5. The lowest BCUT2D eigenvalue weighted by molar-refractivity contribution is -0.139. The number of likely N-dealkylation sites (N-methyl/N-ethyl adjacent to an activating group) is 2. The summed E-state index contributed by atoms with van der Waals surface area (Å²) in [7, 11) is 6.36. The number of nitrogens with zero attached hydrogens (tertiary/aromatic N) is 10. The predicted octanol–water partition coefficient (Wildman–Crippen LogP) is 11.1. The summed E-state index contributed by atoms with van der Waals surface area (Å²) in [5.74, 6) is 0.831. The van der Waals surface area contributed by atoms with Gasteiger partial charge in [0.1, 0.15) is 36.3 Å². The number of imidazole rings is 2. The fourth-order valence-corrected chi connectivity index (χ4v) is 8.29. The summed E-state index contributed by atoms with van der Waals surface area (Å²) < 4.78 is 133. The van der Waals surface area contributed by atoms with E-state index in [-0.39, 0.29) is 41.4 Å². The molecule has 4 aromatic carbocycles. The van der Waals surface area contributed by atoms with Gasteiger partial charge in [0.2, 0.25) is 11.2 Å². The van der Waals surface area contributed by atoms with Crippen LogP contribution in [-0.2, 0) is 12.4 Å². The quantitative estimate of drug-likeness (QED) is 0.0837. The number of nitrogens with two attached hydrogens (primary N) is 1. The van der Waals surface area contributed by atoms with Crippen LogP contribution in [-0.4, -0.2) is 80.6 Å². The average Bonchev–Trinajstić information content (AvgIpc) is 4.02. The van der Waals surface area contributed by atoms with Gasteiger partial charge in [0.15, 0.2) is 23.1 Å². The van der Waals surface area contributed by atoms with Crippen LogP contribution in [0.4, 0.5) is 64.1 Å². The average molecular weight is 1070 g/mol. The lowest BCUT2D eigenvalue weighted by Gasteiger charge is -2.36. The number of rotatable bonds is 8. The van der Waals surface area contributed by atoms with E-state index in [0.29, 0.717) is 46.6 Å². The first-order valence-corrected chi connectivity index (χ1v) is 22.7. The van der Waals surface area contributed by atoms with Crippen molar-refractivity contribution in [2.45, 2.75) is 38.3 Å². The first-order valence-electron chi connectivity index (χ1n) is 22.4. The molecule has 2 atom stereocenters. The van der Waals surface area contributed by atoms with Crippen molar-refractivity contribution in [2.75, 3.05) is 62.4 Å². The van der Waals surface area contributed by atoms with Crippen molar-refractivity contribution in [3.8, 4) is 34.4 Å². The Hall–Kier alpha value is -8.41. The number of hydrogen-bond donors (Lipinski definition) is 2. The molecule has 0 radical (unpaired) electrons. The number of anilines is 5. The van der Waals surface area contributed by atoms with Crippen LogP contribution in [0.2, 0.25) is 5.28 Å². The Morgan fingerprint density at radius 3 is 1.60 bits per heavy atom. The van der Waals surface area contributed by atoms with E-state index in [1.165, 1.54) is 17.3 Å². The van der Waals surface area contributed by atoms with Crippen molar-refractivity contribution < 1.29 is 54.1 Å². The molecule has 3 N–H and O–H groups in total. The van der Waals surface area contributed by atoms with Gasteiger partial charge >= 0.3 is 12.4 Å². The van der Waals surface area contributed by atoms with Crippen molar-refractivity contribution in [2.24, 2.45) is 0 Å². The Labute approximate surface area is 428 Å². The molecule has 0 fully saturated rings. The van der Waals surface area contributed by atoms with Crippen molar-refractivity contribution in [1.82, 2.24) is 39.0 Å². The van der Waals surface area contributed by atoms with Crippen LogP contribution in [0.5, 0.6) is 23.0 Å². The number of aryl methyl sites for hydroxylation is 2. The van der Waals surface area contributed by atoms with Crippen LogP contribution in [0, 0.1) is 25.5 Å². The molecule has 16 nitrogen and oxygen atoms in total. The molecule has 0 aliphatic carbocycles. The number of benzene rings is 4. The second kappa shape index (κ2) is 21.6. The van der Waals surface area contributed by atoms with E-state index in [9.17, 15) is 35.1 Å². The van der Waals surface area contributed by atoms with Crippen LogP contribution >= 0.6 is 11.6 Å². The van der Waals surface area contributed by atoms with Gasteiger partial charge in [-0.2, -0.15) is 36.3 Å². The number of aromatic nitrogens is 8. The number of nitrogens with one attached hydrogen (secondary N) is 1. The standard InChI is InChI=1S/C25H22F4N6O2.C14H10ClF4N3O.C11H13N3O/c1-14-11-35(13-31-14)19-7-5-16(9-21(19)36-3)32-24-30-10-22-23(33-24)34(2)20(12-37-22)17-6-4-15(26)8-18(17)25(27,28)29;1-22-10(6-23-11-5-20-13(15)21-12(11)22)8-3-2-7(16)4-9(8)14(17,18)19;1-8-6-14(7-13-8)10-4-3-9(12)5-11(10)15-2/h4-11,13,20H,12H2,1-3H3,(H,30,32,33);2-5,10H,6H2,1H3;3-7H,12H2,1-2H3. The van der Waals surface area contributed by atoms with Crippen LogP contribution < -0.4 is 39.8 Å². The second-order valence-corrected chi connectivity index (χ2v) is 17.2. The molecule has 0 amide bonds. The van der Waals surface area contributed by atoms with Gasteiger partial charge in [-0.1, -0.05) is 12.1 Å². The van der Waals surface area contributed by atoms with Crippen molar-refractivity contribution in [3.05, 3.63) is 161 Å². The topological polar surface area (TPSA) is 169 Å². The maximum absolute atomic E-state index is 13.6. The van der Waals surface area contributed by atoms with E-state index in [4.69, 9.17) is 36.3 Å². The maximum Gasteiger partial charge on any atom is 0.416 e. The lowest BCUT2D eigenvalue weighted by Crippen LogP contribution is -2.35. The number of alkyl halides is 6. The summed E-state index contributed by atoms with van der Waals surface area (Å²) in [5, 5.41) is 3.05. The summed E-state index contributed by atoms with van der Waals surface area (Å²) in [6.45, 7) is 3.70. The Balaban J connectivity index is 0.000000166. The molecule has 2 aliphatic heterocycles. The van der Waals surface area contributed by atoms with Crippen LogP contribution in [0.1, 0.15) is 45.7 Å². The molecular weight excluding hydrogens is 1020 g/mol. The van der Waals surface area contributed by atoms with Gasteiger partial charge in [-0.05, 0) is 85.1 Å². The molecule has 2 aliphatic rings. The molecule has 0 saturated heterocycles. The molecule has 2 unspecified atom stereocenters. The summed E-state index contributed by atoms with van der Waals surface area (Å²) >= 11 is 5.73. The highest BCUT2D eigenvalue weighted by molar-refractivity contribution is 6.28. The van der Waals surface area contributed by atoms with Gasteiger partial charge in [-0.25, -0.2) is 28.7 Å². The second-order valence-electron chi connectivity index (χ2n) is 16.8. The minimum absolute atomic E-state index is 0.0463. The highest BCUT2D eigenvalue weighted by Crippen LogP contribution is 2.44. The minimum atomic E-state index is -4.72. The van der Waals surface area contributed by atoms with Crippen molar-refractivity contribution >= 4 is 40.6 Å². The highest BCUT2D eigenvalue weighted by atomic mass is 35.5. The molecule has 25 heteroatoms. The molecule has 392 valence electrons. The maximum atomic E-state index is 13.6. The van der Waals surface area contributed by atoms with E-state index < -0.39 is 47.2 Å². The third kappa shape index (κ3) is 11.9. The van der Waals surface area contributed by atoms with Gasteiger partial charge < -0.3 is 48.9 Å². The number of fused-ring (bicyclic) bond motifs is 2. The van der Waals surface area contributed by atoms with E-state index in [0.717, 1.165) is 52.8 Å². The largest absolute Gasteiger partial charge is 0.494 e. The number of ether oxygens (including phenoxy) is 4. The van der Waals surface area contributed by atoms with Crippen LogP contribution in [0.25, 0.3) is 11.4 Å². The summed E-state index contributed by atoms with van der Waals surface area (Å²) in [4.78, 5) is 28.0. The molecule has 4 aromatic heterocycles. The lowest BCUT2D eigenvalue weighted by atomic mass is 9.98. The highest BCUT2D eigenvalue weighted by Gasteiger charge is 2.40. The summed E-state index contributed by atoms with van der Waals surface area (Å²) in [5.41, 5.74) is 8.26. The Morgan fingerprint density at radius 1 is 0.640 bits per heavy atom. The van der Waals surface area contributed by atoms with Crippen molar-refractivity contribution in [1.29, 1.82) is 0 Å². The number of halogens is 9. The summed E-state index contributed by atoms with van der Waals surface area (Å²) in [6.07, 6.45) is 0.649. The monoisotopic (exact) mass is 1060 g/mol. The zero-order valence-corrected chi connectivity index (χ0v) is 41.3. The first kappa shape index (κ1) is 52.9. The van der Waals surface area contributed by atoms with Gasteiger partial charge in [-0.15, -0.1) is 0 Å². The predicted molar refractivity (Wildman–Crippen MR) is 263 cm³/mol. The Morgan fingerprint density at radius 2 is 1.12 bits per heavy atom. The zero-order chi connectivity index (χ0) is 53.9. The fourth-order valence-electron chi connectivity index (χ4n) is 8.17. The summed E-state index contributed by atoms with van der Waals surface area (Å²) in [6, 6.07) is 14.5. The normalized spacial score (nSPS) is 15.0. The van der Waals surface area contributed by atoms with Gasteiger partial charge in [0.05, 0.1) is 85.2 Å². The minimum Gasteiger partial charge on any atom is -0.494 e. The third-order valence-corrected chi connectivity index (χ3v) is 12.0. The molecule has 10 rings (SSSR count). The van der Waals surface area contributed by atoms with E-state index in [2.05, 4.69) is 35.2 Å². The van der Waals surface area contributed by atoms with Crippen molar-refractivity contribution in [3.63, 3.8) is 0 Å². The molecule has 0 bridgehead atoms. The van der Waals surface area contributed by atoms with E-state index in [1.807, 2.05) is 59.6 Å². The molecular formula is C50H45ClF8N12O4. The Kier molecular flexibility index (Phi) is 15.2. The number of nitrogen functional groups attached to an aromatic ring is 1. The van der Waals surface area contributed by atoms with E-state index in [1.54, 1.807) is 58.0 Å². The first-order chi connectivity index (χ1) is 35.6. The van der Waals surface area contributed by atoms with Gasteiger partial charge in [0.25, 0.3) is 0 Å². The molecule has 8 aromatic rings. The number of hydrogen-bond acceptors (Lipinski definition) is 14. The van der Waals surface area contributed by atoms with Gasteiger partial charge in [0, 0.05) is 50.0 Å². The fraction of sp³-hybridized carbons (Fsp3) is 0.240. The SMILES string of the molecule is CN1c2nc(Cl)ncc2OCC1c1ccc(F)cc1C(F)(F)F.COc1cc(N)ccc1-n1cnc(C)c1.COc1cc(Nc2ncc3c(n2)N(C)C(c2ccc(F)cc2C(F)(F)F)CO3)ccc1-n1cnc(C)c1. The molecule has 6 heterocycles. The van der Waals surface area contributed by atoms with Crippen LogP contribution in [0.3, 0.4) is 0 Å². The van der Waals surface area contributed by atoms with Crippen LogP contribution in [0.15, 0.2) is 110 Å². The molecule has 0 spiro atoms. The smallest absolute Gasteiger partial charge is 0.416 e. The molecule has 75 heavy (non-hydrogen) atoms. The molecule has 0 saturated carbocycles. The van der Waals surface area contributed by atoms with E-state index >= 15 is 0 Å². The third-order valence-electron chi connectivity index (χ3n) is 11.8. The Bertz CT molecular complexity index is 3340. The van der Waals surface area contributed by atoms with Gasteiger partial charge in [-0.3, -0.25) is 0 Å². The number of methoxy groups -OCH3 is 2.